The molecule has 1 fully saturated rings. The summed E-state index contributed by atoms with van der Waals surface area (Å²) in [6.07, 6.45) is 1.67. The van der Waals surface area contributed by atoms with Crippen molar-refractivity contribution >= 4 is 27.6 Å². The van der Waals surface area contributed by atoms with E-state index >= 15 is 0 Å². The number of rotatable bonds is 8. The molecule has 1 amide bonds. The molecule has 0 saturated carbocycles. The third kappa shape index (κ3) is 6.25. The molecule has 0 aliphatic carbocycles. The fourth-order valence-electron chi connectivity index (χ4n) is 3.36. The van der Waals surface area contributed by atoms with Crippen LogP contribution < -0.4 is 10.2 Å². The number of nitrogens with zero attached hydrogens (tertiary/aromatic N) is 1. The number of ether oxygens (including phenoxy) is 1. The number of anilines is 1. The minimum Gasteiger partial charge on any atom is -0.466 e. The van der Waals surface area contributed by atoms with E-state index in [1.165, 1.54) is 16.4 Å². The molecule has 0 spiro atoms. The van der Waals surface area contributed by atoms with Crippen LogP contribution in [0.25, 0.3) is 0 Å². The molecule has 1 aromatic carbocycles. The summed E-state index contributed by atoms with van der Waals surface area (Å²) in [6.45, 7) is 7.45. The molecule has 1 aromatic rings. The highest BCUT2D eigenvalue weighted by atomic mass is 32.2. The molecule has 1 saturated heterocycles. The van der Waals surface area contributed by atoms with Gasteiger partial charge in [-0.05, 0) is 57.9 Å². The fraction of sp³-hybridized carbons (Fsp3) is 0.600. The van der Waals surface area contributed by atoms with Crippen molar-refractivity contribution in [2.75, 3.05) is 38.6 Å². The number of sulfonamides is 1. The van der Waals surface area contributed by atoms with Crippen molar-refractivity contribution < 1.29 is 27.6 Å². The van der Waals surface area contributed by atoms with Gasteiger partial charge in [0.25, 0.3) is 5.91 Å². The lowest BCUT2D eigenvalue weighted by Gasteiger charge is -2.28. The van der Waals surface area contributed by atoms with Crippen LogP contribution in [0, 0.1) is 5.92 Å². The molecule has 0 aromatic heterocycles. The predicted octanol–water partition coefficient (Wildman–Crippen LogP) is 0.512. The van der Waals surface area contributed by atoms with E-state index in [1.807, 2.05) is 13.8 Å². The number of hydrogen-bond acceptors (Lipinski definition) is 5. The normalized spacial score (nSPS) is 19.9. The lowest BCUT2D eigenvalue weighted by molar-refractivity contribution is -0.899. The van der Waals surface area contributed by atoms with Gasteiger partial charge < -0.3 is 15.0 Å². The Kier molecular flexibility index (Phi) is 8.18. The number of quaternary nitrogens is 1. The first-order valence-corrected chi connectivity index (χ1v) is 11.5. The number of likely N-dealkylation sites (tertiary alicyclic amines) is 1. The molecule has 0 radical (unpaired) electrons. The van der Waals surface area contributed by atoms with E-state index in [-0.39, 0.29) is 35.3 Å². The summed E-state index contributed by atoms with van der Waals surface area (Å²) in [4.78, 5) is 25.6. The van der Waals surface area contributed by atoms with Gasteiger partial charge in [0, 0.05) is 18.8 Å². The van der Waals surface area contributed by atoms with Gasteiger partial charge in [0.1, 0.15) is 5.92 Å². The Bertz CT molecular complexity index is 808. The van der Waals surface area contributed by atoms with Gasteiger partial charge in [-0.25, -0.2) is 8.42 Å². The molecule has 9 heteroatoms. The number of nitrogens with one attached hydrogen (secondary N) is 2. The largest absolute Gasteiger partial charge is 0.466 e. The van der Waals surface area contributed by atoms with Crippen LogP contribution in [0.5, 0.6) is 0 Å². The third-order valence-electron chi connectivity index (χ3n) is 5.19. The first-order valence-electron chi connectivity index (χ1n) is 10.0. The molecule has 1 heterocycles. The zero-order valence-electron chi connectivity index (χ0n) is 17.6. The van der Waals surface area contributed by atoms with Gasteiger partial charge in [0.15, 0.2) is 6.54 Å². The zero-order chi connectivity index (χ0) is 21.6. The van der Waals surface area contributed by atoms with E-state index in [9.17, 15) is 18.0 Å². The second-order valence-corrected chi connectivity index (χ2v) is 9.66. The van der Waals surface area contributed by atoms with Gasteiger partial charge in [0.05, 0.1) is 24.6 Å². The quantitative estimate of drug-likeness (QED) is 0.591. The summed E-state index contributed by atoms with van der Waals surface area (Å²) in [5.74, 6) is -0.512. The highest BCUT2D eigenvalue weighted by Gasteiger charge is 2.30. The van der Waals surface area contributed by atoms with Crippen LogP contribution in [0.1, 0.15) is 33.6 Å². The summed E-state index contributed by atoms with van der Waals surface area (Å²) < 4.78 is 31.4. The summed E-state index contributed by atoms with van der Waals surface area (Å²) in [6, 6.07) is 6.02. The smallest absolute Gasteiger partial charge is 0.314 e. The number of amides is 1. The van der Waals surface area contributed by atoms with Crippen LogP contribution >= 0.6 is 0 Å². The second kappa shape index (κ2) is 10.2. The van der Waals surface area contributed by atoms with E-state index < -0.39 is 10.0 Å². The molecule has 0 bridgehead atoms. The molecule has 1 aliphatic rings. The summed E-state index contributed by atoms with van der Waals surface area (Å²) in [5, 5.41) is 2.80. The van der Waals surface area contributed by atoms with Gasteiger partial charge in [-0.15, -0.1) is 0 Å². The van der Waals surface area contributed by atoms with Crippen molar-refractivity contribution in [1.29, 1.82) is 0 Å². The molecule has 29 heavy (non-hydrogen) atoms. The molecule has 8 nitrogen and oxygen atoms in total. The number of piperidine rings is 1. The lowest BCUT2D eigenvalue weighted by Crippen LogP contribution is -3.14. The van der Waals surface area contributed by atoms with Crippen molar-refractivity contribution in [2.45, 2.75) is 44.6 Å². The van der Waals surface area contributed by atoms with Crippen molar-refractivity contribution in [3.8, 4) is 0 Å². The van der Waals surface area contributed by atoms with Gasteiger partial charge in [0.2, 0.25) is 10.0 Å². The standard InChI is InChI=1S/C20H31N3O5S/c1-5-28-20(25)16-7-6-12-23(13-16)14-19(24)21-17-8-10-18(11-9-17)29(26,27)22(4)15(2)3/h8-11,15-16H,5-7,12-14H2,1-4H3,(H,21,24)/p+1/t16-/m1/s1. The molecule has 1 unspecified atom stereocenters. The Morgan fingerprint density at radius 1 is 1.28 bits per heavy atom. The highest BCUT2D eigenvalue weighted by Crippen LogP contribution is 2.19. The summed E-state index contributed by atoms with van der Waals surface area (Å²) >= 11 is 0. The maximum absolute atomic E-state index is 12.5. The number of esters is 1. The van der Waals surface area contributed by atoms with E-state index in [4.69, 9.17) is 4.74 Å². The van der Waals surface area contributed by atoms with Crippen LogP contribution in [0.2, 0.25) is 0 Å². The van der Waals surface area contributed by atoms with Gasteiger partial charge in [-0.2, -0.15) is 4.31 Å². The van der Waals surface area contributed by atoms with Crippen LogP contribution in [0.4, 0.5) is 5.69 Å². The van der Waals surface area contributed by atoms with Crippen LogP contribution in [0.3, 0.4) is 0 Å². The lowest BCUT2D eigenvalue weighted by atomic mass is 9.98. The van der Waals surface area contributed by atoms with Gasteiger partial charge in [-0.1, -0.05) is 0 Å². The monoisotopic (exact) mass is 426 g/mol. The number of carbonyl (C=O) groups is 2. The predicted molar refractivity (Wildman–Crippen MR) is 110 cm³/mol. The maximum atomic E-state index is 12.5. The number of hydrogen-bond donors (Lipinski definition) is 2. The van der Waals surface area contributed by atoms with E-state index in [1.54, 1.807) is 26.1 Å². The Morgan fingerprint density at radius 2 is 1.93 bits per heavy atom. The molecular formula is C20H32N3O5S+. The second-order valence-electron chi connectivity index (χ2n) is 7.66. The van der Waals surface area contributed by atoms with E-state index in [2.05, 4.69) is 5.32 Å². The van der Waals surface area contributed by atoms with Crippen LogP contribution in [-0.4, -0.2) is 63.9 Å². The van der Waals surface area contributed by atoms with Gasteiger partial charge in [-0.3, -0.25) is 9.59 Å². The van der Waals surface area contributed by atoms with Gasteiger partial charge >= 0.3 is 5.97 Å². The summed E-state index contributed by atoms with van der Waals surface area (Å²) in [5.41, 5.74) is 0.541. The molecule has 162 valence electrons. The zero-order valence-corrected chi connectivity index (χ0v) is 18.4. The van der Waals surface area contributed by atoms with Crippen molar-refractivity contribution in [3.63, 3.8) is 0 Å². The fourth-order valence-corrected chi connectivity index (χ4v) is 4.73. The molecule has 1 aliphatic heterocycles. The Labute approximate surface area is 173 Å². The number of carbonyl (C=O) groups excluding carboxylic acids is 2. The van der Waals surface area contributed by atoms with Crippen molar-refractivity contribution in [2.24, 2.45) is 5.92 Å². The molecule has 2 rings (SSSR count). The molecular weight excluding hydrogens is 394 g/mol. The highest BCUT2D eigenvalue weighted by molar-refractivity contribution is 7.89. The van der Waals surface area contributed by atoms with Crippen molar-refractivity contribution in [3.05, 3.63) is 24.3 Å². The van der Waals surface area contributed by atoms with Crippen molar-refractivity contribution in [1.82, 2.24) is 4.31 Å². The first kappa shape index (κ1) is 23.3. The van der Waals surface area contributed by atoms with E-state index in [0.29, 0.717) is 18.8 Å². The third-order valence-corrected chi connectivity index (χ3v) is 7.24. The molecule has 2 N–H and O–H groups in total. The van der Waals surface area contributed by atoms with Crippen LogP contribution in [0.15, 0.2) is 29.2 Å². The average Bonchev–Trinajstić information content (AvgIpc) is 2.68. The Balaban J connectivity index is 1.93. The summed E-state index contributed by atoms with van der Waals surface area (Å²) in [7, 11) is -2.01. The molecule has 2 atom stereocenters. The topological polar surface area (TPSA) is 97.2 Å². The minimum atomic E-state index is -3.55. The minimum absolute atomic E-state index is 0.148. The van der Waals surface area contributed by atoms with Crippen LogP contribution in [-0.2, 0) is 24.3 Å². The maximum Gasteiger partial charge on any atom is 0.314 e. The Morgan fingerprint density at radius 3 is 2.52 bits per heavy atom. The first-order chi connectivity index (χ1) is 13.6. The van der Waals surface area contributed by atoms with E-state index in [0.717, 1.165) is 24.3 Å². The average molecular weight is 427 g/mol. The SMILES string of the molecule is CCOC(=O)[C@@H]1CCC[NH+](CC(=O)Nc2ccc(S(=O)(=O)N(C)C(C)C)cc2)C1. The number of benzene rings is 1. The Hall–Kier alpha value is -1.97.